The molecule has 2 rings (SSSR count). The first-order valence-electron chi connectivity index (χ1n) is 8.02. The minimum Gasteiger partial charge on any atom is -0.467 e. The first-order chi connectivity index (χ1) is 10.7. The maximum atomic E-state index is 12.0. The first-order valence-corrected chi connectivity index (χ1v) is 8.02. The van der Waals surface area contributed by atoms with E-state index in [0.717, 1.165) is 45.2 Å². The molecule has 1 aliphatic rings. The summed E-state index contributed by atoms with van der Waals surface area (Å²) in [5, 5.41) is 2.89. The summed E-state index contributed by atoms with van der Waals surface area (Å²) < 4.78 is 10.6. The predicted molar refractivity (Wildman–Crippen MR) is 84.5 cm³/mol. The van der Waals surface area contributed by atoms with Crippen LogP contribution in [0.15, 0.2) is 22.8 Å². The van der Waals surface area contributed by atoms with Crippen LogP contribution in [0.5, 0.6) is 0 Å². The molecule has 1 N–H and O–H groups in total. The summed E-state index contributed by atoms with van der Waals surface area (Å²) in [6, 6.07) is 4.14. The topological polar surface area (TPSA) is 58.0 Å². The molecule has 1 aliphatic heterocycles. The number of nitrogens with zero attached hydrogens (tertiary/aromatic N) is 2. The van der Waals surface area contributed by atoms with Crippen molar-refractivity contribution < 1.29 is 13.9 Å². The highest BCUT2D eigenvalue weighted by Gasteiger charge is 2.24. The molecule has 1 unspecified atom stereocenters. The highest BCUT2D eigenvalue weighted by atomic mass is 16.5. The van der Waals surface area contributed by atoms with Gasteiger partial charge in [-0.1, -0.05) is 0 Å². The van der Waals surface area contributed by atoms with Gasteiger partial charge in [-0.25, -0.2) is 0 Å². The Bertz CT molecular complexity index is 436. The zero-order chi connectivity index (χ0) is 15.8. The van der Waals surface area contributed by atoms with Crippen LogP contribution in [0.2, 0.25) is 0 Å². The molecule has 6 heteroatoms. The van der Waals surface area contributed by atoms with E-state index in [4.69, 9.17) is 9.15 Å². The summed E-state index contributed by atoms with van der Waals surface area (Å²) in [5.74, 6) is 0.828. The quantitative estimate of drug-likeness (QED) is 0.724. The number of carbonyl (C=O) groups is 1. The molecule has 1 atom stereocenters. The smallest absolute Gasteiger partial charge is 0.234 e. The molecule has 22 heavy (non-hydrogen) atoms. The molecule has 1 aromatic rings. The van der Waals surface area contributed by atoms with E-state index in [0.29, 0.717) is 19.1 Å². The van der Waals surface area contributed by atoms with Gasteiger partial charge >= 0.3 is 0 Å². The molecular formula is C16H27N3O3. The van der Waals surface area contributed by atoms with E-state index < -0.39 is 0 Å². The summed E-state index contributed by atoms with van der Waals surface area (Å²) in [6.45, 7) is 10.5. The second-order valence-corrected chi connectivity index (χ2v) is 5.67. The third kappa shape index (κ3) is 5.44. The molecule has 1 amide bonds. The number of hydrogen-bond acceptors (Lipinski definition) is 5. The molecule has 0 radical (unpaired) electrons. The zero-order valence-electron chi connectivity index (χ0n) is 13.6. The average Bonchev–Trinajstić information content (AvgIpc) is 3.01. The van der Waals surface area contributed by atoms with E-state index in [9.17, 15) is 4.79 Å². The van der Waals surface area contributed by atoms with Crippen LogP contribution in [-0.4, -0.2) is 67.7 Å². The van der Waals surface area contributed by atoms with Gasteiger partial charge < -0.3 is 14.5 Å². The van der Waals surface area contributed by atoms with Gasteiger partial charge in [-0.15, -0.1) is 0 Å². The van der Waals surface area contributed by atoms with Gasteiger partial charge in [0.05, 0.1) is 26.0 Å². The van der Waals surface area contributed by atoms with Crippen molar-refractivity contribution in [2.45, 2.75) is 26.4 Å². The Hall–Kier alpha value is -1.37. The van der Waals surface area contributed by atoms with E-state index in [-0.39, 0.29) is 5.91 Å². The number of carbonyl (C=O) groups excluding carboxylic acids is 1. The standard InChI is InChI=1S/C16H27N3O3/c1-3-21-10-8-19-7-6-18(12-14(19)2)13-16(20)17-11-15-5-4-9-22-15/h4-5,9,14H,3,6-8,10-13H2,1-2H3,(H,17,20). The second kappa shape index (κ2) is 8.92. The van der Waals surface area contributed by atoms with E-state index in [1.807, 2.05) is 19.1 Å². The first kappa shape index (κ1) is 17.0. The minimum absolute atomic E-state index is 0.0476. The largest absolute Gasteiger partial charge is 0.467 e. The molecule has 0 bridgehead atoms. The van der Waals surface area contributed by atoms with Crippen molar-refractivity contribution in [2.24, 2.45) is 0 Å². The van der Waals surface area contributed by atoms with Crippen molar-refractivity contribution in [2.75, 3.05) is 45.9 Å². The van der Waals surface area contributed by atoms with Crippen LogP contribution >= 0.6 is 0 Å². The summed E-state index contributed by atoms with van der Waals surface area (Å²) in [6.07, 6.45) is 1.62. The highest BCUT2D eigenvalue weighted by molar-refractivity contribution is 5.77. The van der Waals surface area contributed by atoms with Gasteiger partial charge in [-0.2, -0.15) is 0 Å². The fourth-order valence-corrected chi connectivity index (χ4v) is 2.73. The number of ether oxygens (including phenoxy) is 1. The van der Waals surface area contributed by atoms with Gasteiger partial charge in [0.25, 0.3) is 0 Å². The number of amides is 1. The van der Waals surface area contributed by atoms with Crippen molar-refractivity contribution in [1.29, 1.82) is 0 Å². The Balaban J connectivity index is 1.65. The average molecular weight is 309 g/mol. The Morgan fingerprint density at radius 3 is 3.05 bits per heavy atom. The summed E-state index contributed by atoms with van der Waals surface area (Å²) in [4.78, 5) is 16.6. The van der Waals surface area contributed by atoms with E-state index in [1.54, 1.807) is 6.26 Å². The number of furan rings is 1. The Morgan fingerprint density at radius 1 is 1.50 bits per heavy atom. The number of nitrogens with one attached hydrogen (secondary N) is 1. The molecule has 124 valence electrons. The molecule has 0 spiro atoms. The van der Waals surface area contributed by atoms with Crippen LogP contribution < -0.4 is 5.32 Å². The van der Waals surface area contributed by atoms with Gasteiger partial charge in [-0.3, -0.25) is 14.6 Å². The molecule has 1 saturated heterocycles. The Labute approximate surface area is 132 Å². The fourth-order valence-electron chi connectivity index (χ4n) is 2.73. The maximum absolute atomic E-state index is 12.0. The normalized spacial score (nSPS) is 20.2. The summed E-state index contributed by atoms with van der Waals surface area (Å²) >= 11 is 0. The minimum atomic E-state index is 0.0476. The van der Waals surface area contributed by atoms with Crippen molar-refractivity contribution in [3.05, 3.63) is 24.2 Å². The molecule has 0 aliphatic carbocycles. The van der Waals surface area contributed by atoms with Crippen LogP contribution in [0, 0.1) is 0 Å². The van der Waals surface area contributed by atoms with Gasteiger partial charge in [-0.05, 0) is 26.0 Å². The Morgan fingerprint density at radius 2 is 2.36 bits per heavy atom. The highest BCUT2D eigenvalue weighted by Crippen LogP contribution is 2.09. The SMILES string of the molecule is CCOCCN1CCN(CC(=O)NCc2ccco2)CC1C. The molecular weight excluding hydrogens is 282 g/mol. The van der Waals surface area contributed by atoms with Crippen molar-refractivity contribution in [3.63, 3.8) is 0 Å². The molecule has 1 aromatic heterocycles. The van der Waals surface area contributed by atoms with Gasteiger partial charge in [0.15, 0.2) is 0 Å². The number of hydrogen-bond donors (Lipinski definition) is 1. The third-order valence-electron chi connectivity index (χ3n) is 3.98. The molecule has 0 aromatic carbocycles. The maximum Gasteiger partial charge on any atom is 0.234 e. The van der Waals surface area contributed by atoms with Gasteiger partial charge in [0.2, 0.25) is 5.91 Å². The van der Waals surface area contributed by atoms with E-state index in [2.05, 4.69) is 22.0 Å². The lowest BCUT2D eigenvalue weighted by Crippen LogP contribution is -2.54. The lowest BCUT2D eigenvalue weighted by molar-refractivity contribution is -0.123. The Kier molecular flexibility index (Phi) is 6.89. The molecule has 1 fully saturated rings. The van der Waals surface area contributed by atoms with Crippen molar-refractivity contribution in [3.8, 4) is 0 Å². The fraction of sp³-hybridized carbons (Fsp3) is 0.688. The van der Waals surface area contributed by atoms with Gasteiger partial charge in [0.1, 0.15) is 5.76 Å². The van der Waals surface area contributed by atoms with Crippen molar-refractivity contribution >= 4 is 5.91 Å². The predicted octanol–water partition coefficient (Wildman–Crippen LogP) is 0.938. The van der Waals surface area contributed by atoms with Crippen LogP contribution in [-0.2, 0) is 16.1 Å². The van der Waals surface area contributed by atoms with Crippen LogP contribution in [0.25, 0.3) is 0 Å². The van der Waals surface area contributed by atoms with Crippen LogP contribution in [0.4, 0.5) is 0 Å². The van der Waals surface area contributed by atoms with E-state index >= 15 is 0 Å². The van der Waals surface area contributed by atoms with E-state index in [1.165, 1.54) is 0 Å². The molecule has 0 saturated carbocycles. The zero-order valence-corrected chi connectivity index (χ0v) is 13.6. The molecule has 6 nitrogen and oxygen atoms in total. The second-order valence-electron chi connectivity index (χ2n) is 5.67. The number of piperazine rings is 1. The third-order valence-corrected chi connectivity index (χ3v) is 3.98. The van der Waals surface area contributed by atoms with Crippen LogP contribution in [0.3, 0.4) is 0 Å². The molecule has 2 heterocycles. The summed E-state index contributed by atoms with van der Waals surface area (Å²) in [5.41, 5.74) is 0. The monoisotopic (exact) mass is 309 g/mol. The lowest BCUT2D eigenvalue weighted by Gasteiger charge is -2.39. The number of rotatable bonds is 8. The van der Waals surface area contributed by atoms with Gasteiger partial charge in [0, 0.05) is 38.8 Å². The van der Waals surface area contributed by atoms with Crippen LogP contribution in [0.1, 0.15) is 19.6 Å². The lowest BCUT2D eigenvalue weighted by atomic mass is 10.2. The summed E-state index contributed by atoms with van der Waals surface area (Å²) in [7, 11) is 0. The van der Waals surface area contributed by atoms with Crippen molar-refractivity contribution in [1.82, 2.24) is 15.1 Å².